The van der Waals surface area contributed by atoms with Crippen LogP contribution in [0.25, 0.3) is 0 Å². The first-order valence-electron chi connectivity index (χ1n) is 4.83. The molecule has 0 aliphatic carbocycles. The summed E-state index contributed by atoms with van der Waals surface area (Å²) in [6, 6.07) is 0. The van der Waals surface area contributed by atoms with Crippen LogP contribution in [-0.2, 0) is 9.59 Å². The third kappa shape index (κ3) is 6.87. The summed E-state index contributed by atoms with van der Waals surface area (Å²) in [5.74, 6) is -1.17. The van der Waals surface area contributed by atoms with Gasteiger partial charge < -0.3 is 20.2 Å². The van der Waals surface area contributed by atoms with Crippen molar-refractivity contribution in [1.82, 2.24) is 4.90 Å². The molecule has 0 atom stereocenters. The van der Waals surface area contributed by atoms with E-state index in [1.165, 1.54) is 4.90 Å². The van der Waals surface area contributed by atoms with Gasteiger partial charge in [0.1, 0.15) is 0 Å². The van der Waals surface area contributed by atoms with Crippen LogP contribution in [0.1, 0.15) is 19.3 Å². The Hall–Kier alpha value is -1.14. The zero-order valence-electron chi connectivity index (χ0n) is 8.56. The number of carbonyl (C=O) groups is 2. The zero-order valence-corrected chi connectivity index (χ0v) is 8.56. The van der Waals surface area contributed by atoms with Crippen LogP contribution < -0.4 is 0 Å². The van der Waals surface area contributed by atoms with Gasteiger partial charge in [-0.25, -0.2) is 0 Å². The van der Waals surface area contributed by atoms with Gasteiger partial charge in [-0.2, -0.15) is 0 Å². The first-order chi connectivity index (χ1) is 7.11. The van der Waals surface area contributed by atoms with Crippen LogP contribution >= 0.6 is 0 Å². The van der Waals surface area contributed by atoms with E-state index in [9.17, 15) is 9.59 Å². The quantitative estimate of drug-likeness (QED) is 0.489. The molecule has 0 saturated heterocycles. The van der Waals surface area contributed by atoms with E-state index in [4.69, 9.17) is 15.3 Å². The molecule has 0 aromatic carbocycles. The van der Waals surface area contributed by atoms with Gasteiger partial charge in [0.25, 0.3) is 0 Å². The van der Waals surface area contributed by atoms with Crippen LogP contribution in [-0.4, -0.2) is 58.4 Å². The lowest BCUT2D eigenvalue weighted by Gasteiger charge is -2.20. The number of aliphatic hydroxyl groups excluding tert-OH is 2. The van der Waals surface area contributed by atoms with Crippen LogP contribution in [0.2, 0.25) is 0 Å². The normalized spacial score (nSPS) is 10.0. The van der Waals surface area contributed by atoms with Crippen molar-refractivity contribution in [2.45, 2.75) is 19.3 Å². The molecule has 0 spiro atoms. The number of carboxylic acid groups (broad SMARTS) is 1. The number of hydrogen-bond acceptors (Lipinski definition) is 4. The van der Waals surface area contributed by atoms with Crippen molar-refractivity contribution >= 4 is 11.9 Å². The van der Waals surface area contributed by atoms with Gasteiger partial charge in [-0.15, -0.1) is 0 Å². The van der Waals surface area contributed by atoms with Crippen molar-refractivity contribution in [3.8, 4) is 0 Å². The maximum Gasteiger partial charge on any atom is 0.303 e. The largest absolute Gasteiger partial charge is 0.481 e. The standard InChI is InChI=1S/C9H17NO5/c11-6-4-10(5-7-12)8(13)2-1-3-9(14)15/h11-12H,1-7H2,(H,14,15). The van der Waals surface area contributed by atoms with E-state index >= 15 is 0 Å². The molecular weight excluding hydrogens is 202 g/mol. The molecule has 15 heavy (non-hydrogen) atoms. The number of aliphatic carboxylic acids is 1. The monoisotopic (exact) mass is 219 g/mol. The molecule has 0 unspecified atom stereocenters. The average molecular weight is 219 g/mol. The molecule has 88 valence electrons. The van der Waals surface area contributed by atoms with E-state index in [-0.39, 0.29) is 51.5 Å². The summed E-state index contributed by atoms with van der Waals surface area (Å²) in [5, 5.41) is 25.7. The highest BCUT2D eigenvalue weighted by Gasteiger charge is 2.12. The molecule has 0 fully saturated rings. The van der Waals surface area contributed by atoms with Crippen molar-refractivity contribution in [1.29, 1.82) is 0 Å². The second kappa shape index (κ2) is 8.19. The summed E-state index contributed by atoms with van der Waals surface area (Å²) in [6.45, 7) is 0.0221. The maximum atomic E-state index is 11.4. The number of carboxylic acids is 1. The number of hydrogen-bond donors (Lipinski definition) is 3. The Kier molecular flexibility index (Phi) is 7.57. The number of rotatable bonds is 8. The highest BCUT2D eigenvalue weighted by Crippen LogP contribution is 2.00. The van der Waals surface area contributed by atoms with Gasteiger partial charge in [-0.1, -0.05) is 0 Å². The van der Waals surface area contributed by atoms with Crippen molar-refractivity contribution < 1.29 is 24.9 Å². The fourth-order valence-corrected chi connectivity index (χ4v) is 1.15. The SMILES string of the molecule is O=C(O)CCCC(=O)N(CCO)CCO. The van der Waals surface area contributed by atoms with E-state index in [0.29, 0.717) is 0 Å². The van der Waals surface area contributed by atoms with E-state index < -0.39 is 5.97 Å². The van der Waals surface area contributed by atoms with E-state index in [1.54, 1.807) is 0 Å². The highest BCUT2D eigenvalue weighted by molar-refractivity contribution is 5.77. The van der Waals surface area contributed by atoms with Crippen LogP contribution in [0.5, 0.6) is 0 Å². The minimum atomic E-state index is -0.932. The topological polar surface area (TPSA) is 98.1 Å². The Morgan fingerprint density at radius 1 is 1.00 bits per heavy atom. The predicted molar refractivity (Wildman–Crippen MR) is 52.2 cm³/mol. The molecule has 0 saturated carbocycles. The first-order valence-corrected chi connectivity index (χ1v) is 4.83. The average Bonchev–Trinajstić information content (AvgIpc) is 2.16. The molecule has 0 aliphatic rings. The summed E-state index contributed by atoms with van der Waals surface area (Å²) in [7, 11) is 0. The van der Waals surface area contributed by atoms with Gasteiger partial charge in [0.05, 0.1) is 13.2 Å². The third-order valence-corrected chi connectivity index (χ3v) is 1.87. The van der Waals surface area contributed by atoms with Gasteiger partial charge in [0.2, 0.25) is 5.91 Å². The van der Waals surface area contributed by atoms with Gasteiger partial charge in [-0.3, -0.25) is 9.59 Å². The van der Waals surface area contributed by atoms with E-state index in [0.717, 1.165) is 0 Å². The molecule has 0 aromatic rings. The second-order valence-electron chi connectivity index (χ2n) is 3.08. The summed E-state index contributed by atoms with van der Waals surface area (Å²) >= 11 is 0. The van der Waals surface area contributed by atoms with Gasteiger partial charge in [-0.05, 0) is 6.42 Å². The predicted octanol–water partition coefficient (Wildman–Crippen LogP) is -0.946. The molecule has 1 amide bonds. The minimum absolute atomic E-state index is 0.0438. The summed E-state index contributed by atoms with van der Waals surface area (Å²) in [4.78, 5) is 22.9. The number of amides is 1. The van der Waals surface area contributed by atoms with Crippen molar-refractivity contribution in [2.75, 3.05) is 26.3 Å². The lowest BCUT2D eigenvalue weighted by atomic mass is 10.2. The summed E-state index contributed by atoms with van der Waals surface area (Å²) in [5.41, 5.74) is 0. The number of carbonyl (C=O) groups excluding carboxylic acids is 1. The van der Waals surface area contributed by atoms with Crippen LogP contribution in [0, 0.1) is 0 Å². The number of aliphatic hydroxyl groups is 2. The van der Waals surface area contributed by atoms with Gasteiger partial charge in [0.15, 0.2) is 0 Å². The van der Waals surface area contributed by atoms with Crippen LogP contribution in [0.3, 0.4) is 0 Å². The minimum Gasteiger partial charge on any atom is -0.481 e. The summed E-state index contributed by atoms with van der Waals surface area (Å²) < 4.78 is 0. The molecule has 0 aromatic heterocycles. The molecule has 0 heterocycles. The fourth-order valence-electron chi connectivity index (χ4n) is 1.15. The molecule has 0 radical (unpaired) electrons. The first kappa shape index (κ1) is 13.9. The molecule has 6 nitrogen and oxygen atoms in total. The molecular formula is C9H17NO5. The Morgan fingerprint density at radius 2 is 1.53 bits per heavy atom. The van der Waals surface area contributed by atoms with E-state index in [1.807, 2.05) is 0 Å². The molecule has 6 heteroatoms. The second-order valence-corrected chi connectivity index (χ2v) is 3.08. The Morgan fingerprint density at radius 3 is 1.93 bits per heavy atom. The molecule has 0 bridgehead atoms. The molecule has 0 rings (SSSR count). The summed E-state index contributed by atoms with van der Waals surface area (Å²) in [6.07, 6.45) is 0.367. The lowest BCUT2D eigenvalue weighted by molar-refractivity contribution is -0.137. The van der Waals surface area contributed by atoms with E-state index in [2.05, 4.69) is 0 Å². The molecule has 3 N–H and O–H groups in total. The Bertz CT molecular complexity index is 201. The highest BCUT2D eigenvalue weighted by atomic mass is 16.4. The van der Waals surface area contributed by atoms with Gasteiger partial charge in [0, 0.05) is 25.9 Å². The van der Waals surface area contributed by atoms with Gasteiger partial charge >= 0.3 is 5.97 Å². The van der Waals surface area contributed by atoms with Crippen molar-refractivity contribution in [2.24, 2.45) is 0 Å². The van der Waals surface area contributed by atoms with Crippen molar-refractivity contribution in [3.05, 3.63) is 0 Å². The van der Waals surface area contributed by atoms with Crippen LogP contribution in [0.15, 0.2) is 0 Å². The van der Waals surface area contributed by atoms with Crippen molar-refractivity contribution in [3.63, 3.8) is 0 Å². The molecule has 0 aliphatic heterocycles. The fraction of sp³-hybridized carbons (Fsp3) is 0.778. The van der Waals surface area contributed by atoms with Crippen LogP contribution in [0.4, 0.5) is 0 Å². The maximum absolute atomic E-state index is 11.4. The lowest BCUT2D eigenvalue weighted by Crippen LogP contribution is -2.35. The Labute approximate surface area is 88.1 Å². The number of nitrogens with zero attached hydrogens (tertiary/aromatic N) is 1. The zero-order chi connectivity index (χ0) is 11.7. The third-order valence-electron chi connectivity index (χ3n) is 1.87. The smallest absolute Gasteiger partial charge is 0.303 e. The Balaban J connectivity index is 3.85.